The van der Waals surface area contributed by atoms with Crippen LogP contribution in [-0.2, 0) is 4.74 Å². The molecule has 8 nitrogen and oxygen atoms in total. The number of nitro benzene ring substituents is 1. The average Bonchev–Trinajstić information content (AvgIpc) is 2.75. The summed E-state index contributed by atoms with van der Waals surface area (Å²) in [5.41, 5.74) is 3.15. The first-order valence-corrected chi connectivity index (χ1v) is 9.60. The zero-order valence-electron chi connectivity index (χ0n) is 16.8. The number of benzene rings is 2. The number of non-ortho nitro benzene ring substituents is 1. The van der Waals surface area contributed by atoms with Crippen molar-refractivity contribution in [3.8, 4) is 11.3 Å². The van der Waals surface area contributed by atoms with Crippen molar-refractivity contribution in [2.45, 2.75) is 26.7 Å². The molecule has 2 aromatic carbocycles. The van der Waals surface area contributed by atoms with Crippen LogP contribution in [0.15, 0.2) is 54.7 Å². The molecular weight excluding hydrogens is 384 g/mol. The van der Waals surface area contributed by atoms with E-state index in [-0.39, 0.29) is 11.7 Å². The molecule has 0 aliphatic carbocycles. The van der Waals surface area contributed by atoms with Gasteiger partial charge in [-0.25, -0.2) is 14.8 Å². The molecule has 0 bridgehead atoms. The molecule has 8 heteroatoms. The summed E-state index contributed by atoms with van der Waals surface area (Å²) in [7, 11) is 0. The number of carbonyl (C=O) groups is 1. The molecule has 0 saturated carbocycles. The number of nitrogens with zero attached hydrogens (tertiary/aromatic N) is 3. The standard InChI is InChI=1S/C22H22N4O4/c1-3-4-12-30-21(27)17-7-5-6-16(13-17)19-10-11-23-22(24-19)25-20-14-18(26(28)29)9-8-15(20)2/h5-11,13-14H,3-4,12H2,1-2H3,(H,23,24,25). The Morgan fingerprint density at radius 3 is 2.80 bits per heavy atom. The topological polar surface area (TPSA) is 107 Å². The van der Waals surface area contributed by atoms with Gasteiger partial charge in [0.15, 0.2) is 0 Å². The lowest BCUT2D eigenvalue weighted by atomic mass is 10.1. The van der Waals surface area contributed by atoms with Crippen LogP contribution in [0.25, 0.3) is 11.3 Å². The van der Waals surface area contributed by atoms with Gasteiger partial charge in [-0.1, -0.05) is 31.5 Å². The molecular formula is C22H22N4O4. The molecule has 0 spiro atoms. The molecule has 1 heterocycles. The maximum atomic E-state index is 12.2. The second kappa shape index (κ2) is 9.60. The molecule has 0 fully saturated rings. The number of ether oxygens (including phenoxy) is 1. The number of carbonyl (C=O) groups excluding carboxylic acids is 1. The smallest absolute Gasteiger partial charge is 0.338 e. The molecule has 0 atom stereocenters. The molecule has 154 valence electrons. The van der Waals surface area contributed by atoms with Crippen molar-refractivity contribution in [3.05, 3.63) is 76.0 Å². The maximum Gasteiger partial charge on any atom is 0.338 e. The molecule has 3 aromatic rings. The number of hydrogen-bond donors (Lipinski definition) is 1. The van der Waals surface area contributed by atoms with E-state index < -0.39 is 4.92 Å². The van der Waals surface area contributed by atoms with Gasteiger partial charge in [-0.15, -0.1) is 0 Å². The number of nitro groups is 1. The van der Waals surface area contributed by atoms with Crippen LogP contribution in [-0.4, -0.2) is 27.5 Å². The van der Waals surface area contributed by atoms with Crippen molar-refractivity contribution in [1.29, 1.82) is 0 Å². The second-order valence-electron chi connectivity index (χ2n) is 6.72. The molecule has 0 aliphatic rings. The summed E-state index contributed by atoms with van der Waals surface area (Å²) < 4.78 is 5.27. The Bertz CT molecular complexity index is 1070. The van der Waals surface area contributed by atoms with Crippen LogP contribution in [0, 0.1) is 17.0 Å². The van der Waals surface area contributed by atoms with Crippen LogP contribution >= 0.6 is 0 Å². The average molecular weight is 406 g/mol. The van der Waals surface area contributed by atoms with Gasteiger partial charge in [-0.3, -0.25) is 10.1 Å². The van der Waals surface area contributed by atoms with E-state index in [0.29, 0.717) is 29.5 Å². The van der Waals surface area contributed by atoms with Gasteiger partial charge < -0.3 is 10.1 Å². The molecule has 0 saturated heterocycles. The van der Waals surface area contributed by atoms with Crippen LogP contribution < -0.4 is 5.32 Å². The van der Waals surface area contributed by atoms with Crippen molar-refractivity contribution in [2.75, 3.05) is 11.9 Å². The Labute approximate surface area is 174 Å². The number of nitrogens with one attached hydrogen (secondary N) is 1. The predicted molar refractivity (Wildman–Crippen MR) is 114 cm³/mol. The summed E-state index contributed by atoms with van der Waals surface area (Å²) in [6, 6.07) is 13.3. The molecule has 0 amide bonds. The minimum Gasteiger partial charge on any atom is -0.462 e. The number of rotatable bonds is 8. The van der Waals surface area contributed by atoms with Crippen molar-refractivity contribution in [1.82, 2.24) is 9.97 Å². The van der Waals surface area contributed by atoms with Gasteiger partial charge in [0, 0.05) is 23.9 Å². The van der Waals surface area contributed by atoms with Gasteiger partial charge >= 0.3 is 5.97 Å². The molecule has 0 radical (unpaired) electrons. The van der Waals surface area contributed by atoms with Gasteiger partial charge in [0.25, 0.3) is 5.69 Å². The van der Waals surface area contributed by atoms with Gasteiger partial charge in [0.1, 0.15) is 0 Å². The fourth-order valence-electron chi connectivity index (χ4n) is 2.76. The van der Waals surface area contributed by atoms with E-state index in [2.05, 4.69) is 15.3 Å². The van der Waals surface area contributed by atoms with Crippen LogP contribution in [0.5, 0.6) is 0 Å². The zero-order chi connectivity index (χ0) is 21.5. The monoisotopic (exact) mass is 406 g/mol. The lowest BCUT2D eigenvalue weighted by Crippen LogP contribution is -2.06. The van der Waals surface area contributed by atoms with E-state index >= 15 is 0 Å². The fraction of sp³-hybridized carbons (Fsp3) is 0.227. The zero-order valence-corrected chi connectivity index (χ0v) is 16.8. The Morgan fingerprint density at radius 1 is 1.20 bits per heavy atom. The van der Waals surface area contributed by atoms with Crippen LogP contribution in [0.4, 0.5) is 17.3 Å². The Kier molecular flexibility index (Phi) is 6.69. The Morgan fingerprint density at radius 2 is 2.03 bits per heavy atom. The normalized spacial score (nSPS) is 10.5. The highest BCUT2D eigenvalue weighted by molar-refractivity contribution is 5.90. The van der Waals surface area contributed by atoms with Gasteiger partial charge in [-0.05, 0) is 37.1 Å². The lowest BCUT2D eigenvalue weighted by molar-refractivity contribution is -0.384. The summed E-state index contributed by atoms with van der Waals surface area (Å²) in [5, 5.41) is 14.1. The SMILES string of the molecule is CCCCOC(=O)c1cccc(-c2ccnc(Nc3cc([N+](=O)[O-])ccc3C)n2)c1. The summed E-state index contributed by atoms with van der Waals surface area (Å²) >= 11 is 0. The van der Waals surface area contributed by atoms with Crippen LogP contribution in [0.3, 0.4) is 0 Å². The minimum absolute atomic E-state index is 0.0199. The third-order valence-corrected chi connectivity index (χ3v) is 4.46. The molecule has 1 aromatic heterocycles. The first-order chi connectivity index (χ1) is 14.5. The number of aryl methyl sites for hydroxylation is 1. The first kappa shape index (κ1) is 20.9. The Hall–Kier alpha value is -3.81. The second-order valence-corrected chi connectivity index (χ2v) is 6.72. The highest BCUT2D eigenvalue weighted by Gasteiger charge is 2.12. The summed E-state index contributed by atoms with van der Waals surface area (Å²) in [5.74, 6) is -0.0723. The van der Waals surface area contributed by atoms with E-state index in [9.17, 15) is 14.9 Å². The molecule has 30 heavy (non-hydrogen) atoms. The summed E-state index contributed by atoms with van der Waals surface area (Å²) in [6.45, 7) is 4.26. The lowest BCUT2D eigenvalue weighted by Gasteiger charge is -2.10. The van der Waals surface area contributed by atoms with Crippen molar-refractivity contribution < 1.29 is 14.5 Å². The van der Waals surface area contributed by atoms with Gasteiger partial charge in [0.2, 0.25) is 5.95 Å². The predicted octanol–water partition coefficient (Wildman–Crippen LogP) is 5.06. The molecule has 0 aliphatic heterocycles. The molecule has 0 unspecified atom stereocenters. The third-order valence-electron chi connectivity index (χ3n) is 4.46. The quantitative estimate of drug-likeness (QED) is 0.241. The van der Waals surface area contributed by atoms with E-state index in [0.717, 1.165) is 24.0 Å². The van der Waals surface area contributed by atoms with Crippen molar-refractivity contribution in [3.63, 3.8) is 0 Å². The van der Waals surface area contributed by atoms with E-state index in [1.54, 1.807) is 36.5 Å². The number of hydrogen-bond acceptors (Lipinski definition) is 7. The fourth-order valence-corrected chi connectivity index (χ4v) is 2.76. The number of anilines is 2. The van der Waals surface area contributed by atoms with E-state index in [4.69, 9.17) is 4.74 Å². The summed E-state index contributed by atoms with van der Waals surface area (Å²) in [6.07, 6.45) is 3.36. The Balaban J connectivity index is 1.82. The molecule has 3 rings (SSSR count). The highest BCUT2D eigenvalue weighted by Crippen LogP contribution is 2.25. The van der Waals surface area contributed by atoms with Crippen molar-refractivity contribution in [2.24, 2.45) is 0 Å². The number of aromatic nitrogens is 2. The maximum absolute atomic E-state index is 12.2. The summed E-state index contributed by atoms with van der Waals surface area (Å²) in [4.78, 5) is 31.5. The molecule has 1 N–H and O–H groups in total. The van der Waals surface area contributed by atoms with Crippen LogP contribution in [0.1, 0.15) is 35.7 Å². The van der Waals surface area contributed by atoms with Gasteiger partial charge in [0.05, 0.1) is 28.5 Å². The third kappa shape index (κ3) is 5.16. The van der Waals surface area contributed by atoms with Gasteiger partial charge in [-0.2, -0.15) is 0 Å². The van der Waals surface area contributed by atoms with E-state index in [1.807, 2.05) is 19.9 Å². The van der Waals surface area contributed by atoms with Crippen LogP contribution in [0.2, 0.25) is 0 Å². The minimum atomic E-state index is -0.451. The largest absolute Gasteiger partial charge is 0.462 e. The number of esters is 1. The number of unbranched alkanes of at least 4 members (excludes halogenated alkanes) is 1. The van der Waals surface area contributed by atoms with Crippen molar-refractivity contribution >= 4 is 23.3 Å². The van der Waals surface area contributed by atoms with E-state index in [1.165, 1.54) is 12.1 Å². The highest BCUT2D eigenvalue weighted by atomic mass is 16.6. The first-order valence-electron chi connectivity index (χ1n) is 9.60.